The number of hydrogen-bond acceptors (Lipinski definition) is 8. The zero-order valence-corrected chi connectivity index (χ0v) is 50.6. The summed E-state index contributed by atoms with van der Waals surface area (Å²) in [6.07, 6.45) is 78.8. The average molecular weight is 1100 g/mol. The highest BCUT2D eigenvalue weighted by Crippen LogP contribution is 2.23. The van der Waals surface area contributed by atoms with Crippen molar-refractivity contribution in [2.45, 2.75) is 314 Å². The molecular formula is C70H121NO8. The summed E-state index contributed by atoms with van der Waals surface area (Å²) in [7, 11) is 0. The number of carbonyl (C=O) groups excluding carboxylic acids is 1. The Balaban J connectivity index is 2.17. The lowest BCUT2D eigenvalue weighted by molar-refractivity contribution is -0.302. The molecule has 0 aromatic rings. The summed E-state index contributed by atoms with van der Waals surface area (Å²) in [5, 5.41) is 54.6. The summed E-state index contributed by atoms with van der Waals surface area (Å²) in [5.41, 5.74) is 0. The van der Waals surface area contributed by atoms with E-state index in [1.165, 1.54) is 167 Å². The molecule has 0 aromatic carbocycles. The zero-order chi connectivity index (χ0) is 57.2. The molecule has 79 heavy (non-hydrogen) atoms. The van der Waals surface area contributed by atoms with Crippen LogP contribution in [0.2, 0.25) is 0 Å². The number of carbonyl (C=O) groups is 1. The van der Waals surface area contributed by atoms with Crippen LogP contribution >= 0.6 is 0 Å². The van der Waals surface area contributed by atoms with Crippen molar-refractivity contribution in [3.8, 4) is 0 Å². The van der Waals surface area contributed by atoms with Gasteiger partial charge < -0.3 is 40.3 Å². The predicted octanol–water partition coefficient (Wildman–Crippen LogP) is 17.3. The number of nitrogens with one attached hydrogen (secondary N) is 1. The summed E-state index contributed by atoms with van der Waals surface area (Å²) in [6, 6.07) is -0.830. The van der Waals surface area contributed by atoms with E-state index in [1.54, 1.807) is 6.08 Å². The number of amides is 1. The van der Waals surface area contributed by atoms with Crippen LogP contribution in [-0.4, -0.2) is 87.5 Å². The van der Waals surface area contributed by atoms with Crippen molar-refractivity contribution >= 4 is 5.91 Å². The second-order valence-corrected chi connectivity index (χ2v) is 22.2. The van der Waals surface area contributed by atoms with Crippen LogP contribution in [0.5, 0.6) is 0 Å². The first-order valence-corrected chi connectivity index (χ1v) is 32.6. The summed E-state index contributed by atoms with van der Waals surface area (Å²) in [6.45, 7) is 3.66. The Hall–Kier alpha value is -3.15. The van der Waals surface area contributed by atoms with E-state index >= 15 is 0 Å². The normalized spacial score (nSPS) is 19.3. The van der Waals surface area contributed by atoms with Crippen LogP contribution in [0.1, 0.15) is 271 Å². The van der Waals surface area contributed by atoms with Crippen LogP contribution in [-0.2, 0) is 14.3 Å². The smallest absolute Gasteiger partial charge is 0.220 e. The lowest BCUT2D eigenvalue weighted by atomic mass is 9.99. The second-order valence-electron chi connectivity index (χ2n) is 22.2. The molecule has 9 heteroatoms. The maximum atomic E-state index is 13.1. The predicted molar refractivity (Wildman–Crippen MR) is 336 cm³/mol. The van der Waals surface area contributed by atoms with E-state index in [9.17, 15) is 30.3 Å². The summed E-state index contributed by atoms with van der Waals surface area (Å²) < 4.78 is 11.3. The van der Waals surface area contributed by atoms with E-state index in [0.717, 1.165) is 83.5 Å². The number of ether oxygens (including phenoxy) is 2. The van der Waals surface area contributed by atoms with Crippen molar-refractivity contribution in [1.82, 2.24) is 5.32 Å². The van der Waals surface area contributed by atoms with Gasteiger partial charge >= 0.3 is 0 Å². The highest BCUT2D eigenvalue weighted by Gasteiger charge is 2.44. The third kappa shape index (κ3) is 47.1. The summed E-state index contributed by atoms with van der Waals surface area (Å²) >= 11 is 0. The van der Waals surface area contributed by atoms with Gasteiger partial charge in [-0.25, -0.2) is 0 Å². The standard InChI is InChI=1S/C70H121NO8/c1-3-5-7-9-11-13-15-17-19-21-23-25-26-27-28-29-30-31-32-33-34-35-36-37-38-40-42-44-46-48-50-52-54-56-58-60-66(74)71-63(62-78-70-69(77)68(76)67(75)65(61-72)79-70)64(73)59-57-55-53-51-49-47-45-43-41-39-24-22-20-18-16-14-12-10-8-6-4-2/h5,7,11,13,17,19,23,25,27-28,30-31,33-34,49,51,57,59,63-65,67-70,72-73,75-77H,3-4,6,8-10,12,14-16,18,20-22,24,26,29,32,35-48,50,52-56,58,60-62H2,1-2H3,(H,71,74)/b7-5-,13-11-,19-17-,25-23-,28-27-,31-30-,34-33-,51-49+,59-57+. The van der Waals surface area contributed by atoms with Crippen LogP contribution in [0.3, 0.4) is 0 Å². The van der Waals surface area contributed by atoms with Crippen LogP contribution in [0, 0.1) is 0 Å². The molecule has 0 aliphatic carbocycles. The van der Waals surface area contributed by atoms with Gasteiger partial charge in [0.15, 0.2) is 6.29 Å². The van der Waals surface area contributed by atoms with Gasteiger partial charge in [-0.05, 0) is 89.9 Å². The van der Waals surface area contributed by atoms with Crippen molar-refractivity contribution in [2.24, 2.45) is 0 Å². The fourth-order valence-electron chi connectivity index (χ4n) is 9.74. The molecule has 0 aromatic heterocycles. The van der Waals surface area contributed by atoms with E-state index in [-0.39, 0.29) is 12.5 Å². The number of aliphatic hydroxyl groups is 5. The molecule has 1 amide bonds. The minimum Gasteiger partial charge on any atom is -0.394 e. The van der Waals surface area contributed by atoms with E-state index in [4.69, 9.17) is 9.47 Å². The summed E-state index contributed by atoms with van der Waals surface area (Å²) in [5.74, 6) is -0.190. The van der Waals surface area contributed by atoms with Crippen LogP contribution in [0.15, 0.2) is 109 Å². The van der Waals surface area contributed by atoms with Crippen molar-refractivity contribution in [2.75, 3.05) is 13.2 Å². The summed E-state index contributed by atoms with van der Waals surface area (Å²) in [4.78, 5) is 13.1. The molecule has 1 heterocycles. The first-order chi connectivity index (χ1) is 38.8. The first kappa shape index (κ1) is 73.9. The molecule has 0 spiro atoms. The van der Waals surface area contributed by atoms with Gasteiger partial charge in [-0.2, -0.15) is 0 Å². The molecule has 1 rings (SSSR count). The zero-order valence-electron chi connectivity index (χ0n) is 50.6. The molecular weight excluding hydrogens is 983 g/mol. The van der Waals surface area contributed by atoms with Crippen molar-refractivity contribution in [3.63, 3.8) is 0 Å². The van der Waals surface area contributed by atoms with Gasteiger partial charge in [0.1, 0.15) is 24.4 Å². The van der Waals surface area contributed by atoms with E-state index in [2.05, 4.69) is 116 Å². The van der Waals surface area contributed by atoms with Gasteiger partial charge in [-0.3, -0.25) is 4.79 Å². The van der Waals surface area contributed by atoms with Crippen molar-refractivity contribution in [1.29, 1.82) is 0 Å². The highest BCUT2D eigenvalue weighted by atomic mass is 16.7. The molecule has 0 radical (unpaired) electrons. The fraction of sp³-hybridized carbons (Fsp3) is 0.729. The minimum atomic E-state index is -1.58. The highest BCUT2D eigenvalue weighted by molar-refractivity contribution is 5.76. The van der Waals surface area contributed by atoms with E-state index in [0.29, 0.717) is 6.42 Å². The Bertz CT molecular complexity index is 1610. The Kier molecular flexibility index (Phi) is 54.3. The lowest BCUT2D eigenvalue weighted by Crippen LogP contribution is -2.60. The largest absolute Gasteiger partial charge is 0.394 e. The molecule has 1 saturated heterocycles. The lowest BCUT2D eigenvalue weighted by Gasteiger charge is -2.40. The quantitative estimate of drug-likeness (QED) is 0.0261. The number of unbranched alkanes of at least 4 members (excludes halogenated alkanes) is 29. The monoisotopic (exact) mass is 1100 g/mol. The molecule has 6 N–H and O–H groups in total. The molecule has 1 aliphatic rings. The Morgan fingerprint density at radius 2 is 0.797 bits per heavy atom. The topological polar surface area (TPSA) is 149 Å². The van der Waals surface area contributed by atoms with Gasteiger partial charge in [-0.1, -0.05) is 284 Å². The van der Waals surface area contributed by atoms with Gasteiger partial charge in [-0.15, -0.1) is 0 Å². The number of hydrogen-bond donors (Lipinski definition) is 6. The van der Waals surface area contributed by atoms with Gasteiger partial charge in [0, 0.05) is 6.42 Å². The molecule has 454 valence electrons. The van der Waals surface area contributed by atoms with Gasteiger partial charge in [0.2, 0.25) is 5.91 Å². The molecule has 0 saturated carbocycles. The van der Waals surface area contributed by atoms with Gasteiger partial charge in [0.05, 0.1) is 25.4 Å². The third-order valence-electron chi connectivity index (χ3n) is 14.8. The SMILES string of the molecule is CC/C=C\C/C=C\C/C=C\C/C=C\C/C=C\C/C=C\C/C=C\CCCCCCCCCCCCCCCC(=O)NC(COC1OC(CO)C(O)C(O)C1O)C(O)/C=C/CC/C=C/CCCCCCCCCCCCCCCCC. The Labute approximate surface area is 485 Å². The maximum Gasteiger partial charge on any atom is 0.220 e. The fourth-order valence-corrected chi connectivity index (χ4v) is 9.74. The van der Waals surface area contributed by atoms with Crippen LogP contribution < -0.4 is 5.32 Å². The molecule has 7 unspecified atom stereocenters. The molecule has 0 bridgehead atoms. The second kappa shape index (κ2) is 58.1. The maximum absolute atomic E-state index is 13.1. The van der Waals surface area contributed by atoms with Crippen LogP contribution in [0.4, 0.5) is 0 Å². The molecule has 1 fully saturated rings. The molecule has 9 nitrogen and oxygen atoms in total. The number of rotatable bonds is 55. The first-order valence-electron chi connectivity index (χ1n) is 32.6. The van der Waals surface area contributed by atoms with Gasteiger partial charge in [0.25, 0.3) is 0 Å². The molecule has 7 atom stereocenters. The van der Waals surface area contributed by atoms with E-state index in [1.807, 2.05) is 6.08 Å². The van der Waals surface area contributed by atoms with Crippen LogP contribution in [0.25, 0.3) is 0 Å². The van der Waals surface area contributed by atoms with Crippen molar-refractivity contribution in [3.05, 3.63) is 109 Å². The number of aliphatic hydroxyl groups excluding tert-OH is 5. The van der Waals surface area contributed by atoms with E-state index < -0.39 is 49.5 Å². The minimum absolute atomic E-state index is 0.190. The number of allylic oxidation sites excluding steroid dienone is 17. The Morgan fingerprint density at radius 3 is 1.22 bits per heavy atom. The van der Waals surface area contributed by atoms with Crippen molar-refractivity contribution < 1.29 is 39.8 Å². The average Bonchev–Trinajstić information content (AvgIpc) is 3.47. The third-order valence-corrected chi connectivity index (χ3v) is 14.8. The Morgan fingerprint density at radius 1 is 0.443 bits per heavy atom. The molecule has 1 aliphatic heterocycles.